The van der Waals surface area contributed by atoms with Crippen LogP contribution < -0.4 is 16.0 Å². The number of carbonyl (C=O) groups excluding carboxylic acids is 3. The molecule has 0 aliphatic rings. The summed E-state index contributed by atoms with van der Waals surface area (Å²) in [7, 11) is 0. The summed E-state index contributed by atoms with van der Waals surface area (Å²) in [6, 6.07) is 41.0. The molecule has 0 aliphatic carbocycles. The van der Waals surface area contributed by atoms with Gasteiger partial charge < -0.3 is 16.0 Å². The monoisotopic (exact) mass is 654 g/mol. The third-order valence-electron chi connectivity index (χ3n) is 7.13. The molecule has 47 heavy (non-hydrogen) atoms. The van der Waals surface area contributed by atoms with Crippen LogP contribution in [0.25, 0.3) is 16.3 Å². The molecule has 0 radical (unpaired) electrons. The molecule has 7 nitrogen and oxygen atoms in total. The first kappa shape index (κ1) is 31.5. The molecule has 5 aromatic carbocycles. The molecule has 3 N–H and O–H groups in total. The number of fused-ring (bicyclic) bond motifs is 1. The molecule has 3 amide bonds. The van der Waals surface area contributed by atoms with Gasteiger partial charge in [0.05, 0.1) is 10.2 Å². The Hall–Kier alpha value is -5.51. The summed E-state index contributed by atoms with van der Waals surface area (Å²) in [4.78, 5) is 45.7. The number of thioether (sulfide) groups is 1. The van der Waals surface area contributed by atoms with Crippen molar-refractivity contribution in [2.45, 2.75) is 17.1 Å². The maximum absolute atomic E-state index is 13.7. The fraction of sp³-hybridized carbons (Fsp3) is 0.0526. The second kappa shape index (κ2) is 14.7. The highest BCUT2D eigenvalue weighted by molar-refractivity contribution is 8.00. The van der Waals surface area contributed by atoms with E-state index < -0.39 is 17.1 Å². The van der Waals surface area contributed by atoms with Crippen LogP contribution in [0.3, 0.4) is 0 Å². The zero-order chi connectivity index (χ0) is 32.6. The van der Waals surface area contributed by atoms with Crippen LogP contribution in [0.4, 0.5) is 10.8 Å². The molecule has 1 atom stereocenters. The summed E-state index contributed by atoms with van der Waals surface area (Å²) in [5.41, 5.74) is 4.56. The first-order valence-electron chi connectivity index (χ1n) is 14.9. The number of nitrogens with one attached hydrogen (secondary N) is 3. The van der Waals surface area contributed by atoms with E-state index in [0.717, 1.165) is 31.8 Å². The number of anilines is 2. The maximum Gasteiger partial charge on any atom is 0.272 e. The number of thiazole rings is 1. The fourth-order valence-corrected chi connectivity index (χ4v) is 6.70. The SMILES string of the molecule is Cc1ccc(/C=C(\NC(=O)c2ccccc2)C(=O)Nc2cccc(SC(C(=O)Nc3nc4ccccc4s3)c3ccccc3)c2)cc1. The lowest BCUT2D eigenvalue weighted by Gasteiger charge is -2.17. The largest absolute Gasteiger partial charge is 0.321 e. The molecule has 1 unspecified atom stereocenters. The number of amides is 3. The van der Waals surface area contributed by atoms with E-state index in [-0.39, 0.29) is 11.6 Å². The molecular formula is C38H30N4O3S2. The number of aromatic nitrogens is 1. The highest BCUT2D eigenvalue weighted by Gasteiger charge is 2.24. The lowest BCUT2D eigenvalue weighted by molar-refractivity contribution is -0.116. The quantitative estimate of drug-likeness (QED) is 0.102. The van der Waals surface area contributed by atoms with E-state index >= 15 is 0 Å². The average Bonchev–Trinajstić information content (AvgIpc) is 3.51. The lowest BCUT2D eigenvalue weighted by Crippen LogP contribution is -2.30. The number of hydrogen-bond donors (Lipinski definition) is 3. The highest BCUT2D eigenvalue weighted by Crippen LogP contribution is 2.38. The van der Waals surface area contributed by atoms with E-state index in [1.165, 1.54) is 23.1 Å². The number of aryl methyl sites for hydroxylation is 1. The molecule has 1 aromatic heterocycles. The van der Waals surface area contributed by atoms with Crippen molar-refractivity contribution in [3.8, 4) is 0 Å². The van der Waals surface area contributed by atoms with Gasteiger partial charge >= 0.3 is 0 Å². The maximum atomic E-state index is 13.7. The van der Waals surface area contributed by atoms with Crippen LogP contribution in [-0.2, 0) is 9.59 Å². The van der Waals surface area contributed by atoms with Crippen molar-refractivity contribution in [2.75, 3.05) is 10.6 Å². The van der Waals surface area contributed by atoms with E-state index in [1.807, 2.05) is 110 Å². The predicted octanol–water partition coefficient (Wildman–Crippen LogP) is 8.49. The Balaban J connectivity index is 1.22. The molecule has 0 aliphatic heterocycles. The average molecular weight is 655 g/mol. The van der Waals surface area contributed by atoms with Crippen molar-refractivity contribution in [3.05, 3.63) is 161 Å². The smallest absolute Gasteiger partial charge is 0.272 e. The third kappa shape index (κ3) is 8.21. The van der Waals surface area contributed by atoms with Crippen LogP contribution in [0.5, 0.6) is 0 Å². The van der Waals surface area contributed by atoms with Gasteiger partial charge in [0.25, 0.3) is 11.8 Å². The Morgan fingerprint density at radius 1 is 0.766 bits per heavy atom. The number of hydrogen-bond acceptors (Lipinski definition) is 6. The zero-order valence-electron chi connectivity index (χ0n) is 25.3. The third-order valence-corrected chi connectivity index (χ3v) is 9.33. The summed E-state index contributed by atoms with van der Waals surface area (Å²) in [6.45, 7) is 1.98. The van der Waals surface area contributed by atoms with Gasteiger partial charge in [-0.1, -0.05) is 108 Å². The van der Waals surface area contributed by atoms with Crippen LogP contribution in [-0.4, -0.2) is 22.7 Å². The van der Waals surface area contributed by atoms with Gasteiger partial charge in [-0.05, 0) is 66.6 Å². The number of carbonyl (C=O) groups is 3. The molecule has 0 spiro atoms. The number of rotatable bonds is 10. The Kier molecular flexibility index (Phi) is 9.86. The molecule has 1 heterocycles. The minimum atomic E-state index is -0.587. The van der Waals surface area contributed by atoms with Crippen LogP contribution >= 0.6 is 23.1 Å². The van der Waals surface area contributed by atoms with Crippen molar-refractivity contribution in [1.82, 2.24) is 10.3 Å². The summed E-state index contributed by atoms with van der Waals surface area (Å²) in [5.74, 6) is -1.08. The Bertz CT molecular complexity index is 2030. The predicted molar refractivity (Wildman–Crippen MR) is 191 cm³/mol. The standard InChI is InChI=1S/C38H30N4O3S2/c1-25-19-21-26(22-20-25)23-32(40-35(43)28-13-6-3-7-14-28)36(44)39-29-15-10-16-30(24-29)46-34(27-11-4-2-5-12-27)37(45)42-38-41-31-17-8-9-18-33(31)47-38/h2-24,34H,1H3,(H,39,44)(H,40,43)(H,41,42,45)/b32-23-. The lowest BCUT2D eigenvalue weighted by atomic mass is 10.1. The van der Waals surface area contributed by atoms with Gasteiger partial charge in [-0.15, -0.1) is 11.8 Å². The molecule has 0 saturated heterocycles. The molecule has 6 rings (SSSR count). The Morgan fingerprint density at radius 2 is 1.47 bits per heavy atom. The van der Waals surface area contributed by atoms with Crippen molar-refractivity contribution in [1.29, 1.82) is 0 Å². The van der Waals surface area contributed by atoms with Gasteiger partial charge in [0, 0.05) is 16.1 Å². The Labute approximate surface area is 280 Å². The van der Waals surface area contributed by atoms with Gasteiger partial charge in [-0.2, -0.15) is 0 Å². The van der Waals surface area contributed by atoms with Crippen molar-refractivity contribution in [3.63, 3.8) is 0 Å². The number of benzene rings is 5. The summed E-state index contributed by atoms with van der Waals surface area (Å²) in [5, 5.41) is 8.65. The van der Waals surface area contributed by atoms with Gasteiger partial charge in [0.2, 0.25) is 5.91 Å². The second-order valence-electron chi connectivity index (χ2n) is 10.7. The number of para-hydroxylation sites is 1. The summed E-state index contributed by atoms with van der Waals surface area (Å²) < 4.78 is 0.992. The van der Waals surface area contributed by atoms with E-state index in [0.29, 0.717) is 16.4 Å². The van der Waals surface area contributed by atoms with Crippen LogP contribution in [0, 0.1) is 6.92 Å². The van der Waals surface area contributed by atoms with Crippen LogP contribution in [0.1, 0.15) is 32.3 Å². The van der Waals surface area contributed by atoms with Crippen molar-refractivity contribution >= 4 is 67.9 Å². The van der Waals surface area contributed by atoms with E-state index in [4.69, 9.17) is 0 Å². The molecule has 232 valence electrons. The van der Waals surface area contributed by atoms with E-state index in [2.05, 4.69) is 20.9 Å². The van der Waals surface area contributed by atoms with Crippen molar-refractivity contribution in [2.24, 2.45) is 0 Å². The van der Waals surface area contributed by atoms with Crippen LogP contribution in [0.15, 0.2) is 144 Å². The number of nitrogens with zero attached hydrogens (tertiary/aromatic N) is 1. The van der Waals surface area contributed by atoms with Gasteiger partial charge in [-0.25, -0.2) is 4.98 Å². The highest BCUT2D eigenvalue weighted by atomic mass is 32.2. The first-order valence-corrected chi connectivity index (χ1v) is 16.5. The van der Waals surface area contributed by atoms with Crippen molar-refractivity contribution < 1.29 is 14.4 Å². The zero-order valence-corrected chi connectivity index (χ0v) is 27.0. The summed E-state index contributed by atoms with van der Waals surface area (Å²) >= 11 is 2.79. The second-order valence-corrected chi connectivity index (χ2v) is 12.9. The molecule has 0 fully saturated rings. The van der Waals surface area contributed by atoms with Gasteiger partial charge in [0.1, 0.15) is 10.9 Å². The van der Waals surface area contributed by atoms with Crippen LogP contribution in [0.2, 0.25) is 0 Å². The van der Waals surface area contributed by atoms with E-state index in [9.17, 15) is 14.4 Å². The van der Waals surface area contributed by atoms with E-state index in [1.54, 1.807) is 36.4 Å². The molecule has 0 saturated carbocycles. The molecular weight excluding hydrogens is 625 g/mol. The van der Waals surface area contributed by atoms with Gasteiger partial charge in [-0.3, -0.25) is 14.4 Å². The minimum absolute atomic E-state index is 0.0955. The normalized spacial score (nSPS) is 11.9. The Morgan fingerprint density at radius 3 is 2.21 bits per heavy atom. The fourth-order valence-electron chi connectivity index (χ4n) is 4.75. The van der Waals surface area contributed by atoms with Gasteiger partial charge in [0.15, 0.2) is 5.13 Å². The topological polar surface area (TPSA) is 100 Å². The summed E-state index contributed by atoms with van der Waals surface area (Å²) in [6.07, 6.45) is 1.64. The molecule has 6 aromatic rings. The molecule has 9 heteroatoms. The molecule has 0 bridgehead atoms. The first-order chi connectivity index (χ1) is 22.9. The minimum Gasteiger partial charge on any atom is -0.321 e.